The van der Waals surface area contributed by atoms with Crippen LogP contribution >= 0.6 is 0 Å². The van der Waals surface area contributed by atoms with Gasteiger partial charge < -0.3 is 20.3 Å². The van der Waals surface area contributed by atoms with E-state index in [-0.39, 0.29) is 24.0 Å². The van der Waals surface area contributed by atoms with E-state index in [1.165, 1.54) is 11.6 Å². The van der Waals surface area contributed by atoms with Crippen LogP contribution in [0, 0.1) is 0 Å². The molecule has 1 amide bonds. The van der Waals surface area contributed by atoms with Crippen molar-refractivity contribution in [2.45, 2.75) is 83.8 Å². The van der Waals surface area contributed by atoms with E-state index >= 15 is 0 Å². The molecule has 0 saturated carbocycles. The molecule has 0 radical (unpaired) electrons. The molecule has 0 saturated heterocycles. The minimum absolute atomic E-state index is 0.0386. The molecule has 156 valence electrons. The van der Waals surface area contributed by atoms with Crippen LogP contribution < -0.4 is 5.32 Å². The maximum atomic E-state index is 11.8. The Bertz CT molecular complexity index is 713. The average Bonchev–Trinajstić information content (AvgIpc) is 3.15. The Kier molecular flexibility index (Phi) is 7.70. The monoisotopic (exact) mass is 394 g/mol. The molecule has 1 aliphatic rings. The Morgan fingerprint density at radius 2 is 2.00 bits per heavy atom. The Labute approximate surface area is 164 Å². The van der Waals surface area contributed by atoms with Gasteiger partial charge in [-0.05, 0) is 25.3 Å². The predicted octanol–water partition coefficient (Wildman–Crippen LogP) is 1.76. The second-order valence-electron chi connectivity index (χ2n) is 7.08. The lowest BCUT2D eigenvalue weighted by atomic mass is 9.87. The molecular formula is C19H30N4O5. The van der Waals surface area contributed by atoms with Crippen molar-refractivity contribution < 1.29 is 24.5 Å². The topological polar surface area (TPSA) is 127 Å². The quantitative estimate of drug-likeness (QED) is 0.582. The molecule has 1 aromatic heterocycles. The number of nitrogens with zero attached hydrogens (tertiary/aromatic N) is 3. The molecule has 4 unspecified atom stereocenters. The molecule has 0 spiro atoms. The highest BCUT2D eigenvalue weighted by molar-refractivity contribution is 5.87. The smallest absolute Gasteiger partial charge is 0.331 e. The summed E-state index contributed by atoms with van der Waals surface area (Å²) < 4.78 is 7.67. The summed E-state index contributed by atoms with van der Waals surface area (Å²) in [6.45, 7) is 7.25. The van der Waals surface area contributed by atoms with Gasteiger partial charge in [-0.1, -0.05) is 26.0 Å². The highest BCUT2D eigenvalue weighted by Gasteiger charge is 2.39. The maximum Gasteiger partial charge on any atom is 0.331 e. The van der Waals surface area contributed by atoms with Crippen LogP contribution in [0.3, 0.4) is 0 Å². The number of ether oxygens (including phenoxy) is 1. The molecule has 28 heavy (non-hydrogen) atoms. The molecule has 0 aliphatic heterocycles. The zero-order valence-corrected chi connectivity index (χ0v) is 16.8. The second-order valence-corrected chi connectivity index (χ2v) is 7.08. The van der Waals surface area contributed by atoms with Crippen molar-refractivity contribution in [2.24, 2.45) is 0 Å². The lowest BCUT2D eigenvalue weighted by molar-refractivity contribution is -0.134. The van der Waals surface area contributed by atoms with Crippen molar-refractivity contribution in [3.8, 4) is 0 Å². The molecule has 9 nitrogen and oxygen atoms in total. The van der Waals surface area contributed by atoms with Crippen molar-refractivity contribution in [1.82, 2.24) is 20.3 Å². The number of hydrogen-bond acceptors (Lipinski definition) is 6. The first-order chi connectivity index (χ1) is 13.3. The molecule has 1 aliphatic carbocycles. The van der Waals surface area contributed by atoms with Crippen LogP contribution in [0.4, 0.5) is 0 Å². The number of carbonyl (C=O) groups is 2. The fourth-order valence-electron chi connectivity index (χ4n) is 3.41. The van der Waals surface area contributed by atoms with E-state index in [9.17, 15) is 19.8 Å². The molecule has 0 aromatic carbocycles. The molecule has 0 fully saturated rings. The van der Waals surface area contributed by atoms with Crippen molar-refractivity contribution in [3.05, 3.63) is 23.5 Å². The third-order valence-electron chi connectivity index (χ3n) is 5.05. The summed E-state index contributed by atoms with van der Waals surface area (Å²) in [6, 6.07) is -1.09. The van der Waals surface area contributed by atoms with Crippen molar-refractivity contribution in [2.75, 3.05) is 0 Å². The van der Waals surface area contributed by atoms with Crippen LogP contribution in [0.15, 0.2) is 17.8 Å². The number of amides is 1. The zero-order valence-electron chi connectivity index (χ0n) is 16.8. The molecule has 4 atom stereocenters. The van der Waals surface area contributed by atoms with Gasteiger partial charge in [0.1, 0.15) is 5.69 Å². The first kappa shape index (κ1) is 22.0. The van der Waals surface area contributed by atoms with E-state index in [1.54, 1.807) is 12.3 Å². The molecule has 1 heterocycles. The van der Waals surface area contributed by atoms with Gasteiger partial charge in [-0.25, -0.2) is 9.48 Å². The van der Waals surface area contributed by atoms with Crippen molar-refractivity contribution in [1.29, 1.82) is 0 Å². The summed E-state index contributed by atoms with van der Waals surface area (Å²) in [4.78, 5) is 23.5. The first-order valence-electron chi connectivity index (χ1n) is 9.76. The SMILES string of the molecule is CCC(CC)OC1CC(C(=O)O)=CC(n2cc(C(O)CC)nn2)C1NC(C)=O. The molecular weight excluding hydrogens is 364 g/mol. The van der Waals surface area contributed by atoms with Gasteiger partial charge in [0.2, 0.25) is 5.91 Å². The Hall–Kier alpha value is -2.26. The minimum Gasteiger partial charge on any atom is -0.478 e. The van der Waals surface area contributed by atoms with E-state index in [0.717, 1.165) is 12.8 Å². The summed E-state index contributed by atoms with van der Waals surface area (Å²) in [5.74, 6) is -1.27. The lowest BCUT2D eigenvalue weighted by Gasteiger charge is -2.38. The second kappa shape index (κ2) is 9.79. The Balaban J connectivity index is 2.44. The number of aliphatic hydroxyl groups excluding tert-OH is 1. The number of aliphatic carboxylic acids is 1. The van der Waals surface area contributed by atoms with E-state index in [0.29, 0.717) is 12.1 Å². The number of carbonyl (C=O) groups excluding carboxylic acids is 1. The lowest BCUT2D eigenvalue weighted by Crippen LogP contribution is -2.52. The zero-order chi connectivity index (χ0) is 20.8. The van der Waals surface area contributed by atoms with E-state index in [2.05, 4.69) is 15.6 Å². The van der Waals surface area contributed by atoms with Crippen LogP contribution in [0.5, 0.6) is 0 Å². The van der Waals surface area contributed by atoms with E-state index in [1.807, 2.05) is 20.8 Å². The number of rotatable bonds is 9. The van der Waals surface area contributed by atoms with E-state index in [4.69, 9.17) is 4.74 Å². The first-order valence-corrected chi connectivity index (χ1v) is 9.76. The molecule has 3 N–H and O–H groups in total. The Morgan fingerprint density at radius 3 is 2.54 bits per heavy atom. The summed E-state index contributed by atoms with van der Waals surface area (Å²) in [5, 5.41) is 30.5. The summed E-state index contributed by atoms with van der Waals surface area (Å²) in [7, 11) is 0. The van der Waals surface area contributed by atoms with Gasteiger partial charge in [0.25, 0.3) is 0 Å². The fourth-order valence-corrected chi connectivity index (χ4v) is 3.41. The van der Waals surface area contributed by atoms with Crippen LogP contribution in [0.2, 0.25) is 0 Å². The number of carboxylic acids is 1. The Morgan fingerprint density at radius 1 is 1.32 bits per heavy atom. The molecule has 2 rings (SSSR count). The third kappa shape index (κ3) is 5.17. The summed E-state index contributed by atoms with van der Waals surface area (Å²) in [5.41, 5.74) is 0.605. The van der Waals surface area contributed by atoms with Gasteiger partial charge in [-0.3, -0.25) is 4.79 Å². The van der Waals surface area contributed by atoms with Crippen LogP contribution in [0.25, 0.3) is 0 Å². The fraction of sp³-hybridized carbons (Fsp3) is 0.684. The van der Waals surface area contributed by atoms with Gasteiger partial charge in [-0.15, -0.1) is 5.10 Å². The highest BCUT2D eigenvalue weighted by Crippen LogP contribution is 2.31. The predicted molar refractivity (Wildman–Crippen MR) is 101 cm³/mol. The summed E-state index contributed by atoms with van der Waals surface area (Å²) >= 11 is 0. The van der Waals surface area contributed by atoms with Crippen LogP contribution in [0.1, 0.15) is 71.2 Å². The average molecular weight is 394 g/mol. The van der Waals surface area contributed by atoms with Crippen molar-refractivity contribution in [3.63, 3.8) is 0 Å². The van der Waals surface area contributed by atoms with Gasteiger partial charge >= 0.3 is 5.97 Å². The molecule has 0 bridgehead atoms. The minimum atomic E-state index is -1.03. The molecule has 1 aromatic rings. The maximum absolute atomic E-state index is 11.8. The summed E-state index contributed by atoms with van der Waals surface area (Å²) in [6.07, 6.45) is 4.09. The number of aromatic nitrogens is 3. The van der Waals surface area contributed by atoms with Gasteiger partial charge in [0.05, 0.1) is 36.6 Å². The normalized spacial score (nSPS) is 23.4. The van der Waals surface area contributed by atoms with E-state index < -0.39 is 30.3 Å². The van der Waals surface area contributed by atoms with Crippen molar-refractivity contribution >= 4 is 11.9 Å². The number of nitrogens with one attached hydrogen (secondary N) is 1. The number of carboxylic acid groups (broad SMARTS) is 1. The standard InChI is InChI=1S/C19H30N4O5/c1-5-13(6-2)28-17-9-12(19(26)27)8-15(18(17)20-11(4)24)23-10-14(21-22-23)16(25)7-3/h8,10,13,15-18,25H,5-7,9H2,1-4H3,(H,20,24)(H,26,27). The van der Waals surface area contributed by atoms with Gasteiger partial charge in [0, 0.05) is 18.9 Å². The molecule has 9 heteroatoms. The number of hydrogen-bond donors (Lipinski definition) is 3. The largest absolute Gasteiger partial charge is 0.478 e. The van der Waals surface area contributed by atoms with Gasteiger partial charge in [-0.2, -0.15) is 0 Å². The highest BCUT2D eigenvalue weighted by atomic mass is 16.5. The third-order valence-corrected chi connectivity index (χ3v) is 5.05. The van der Waals surface area contributed by atoms with Crippen LogP contribution in [-0.4, -0.2) is 55.3 Å². The van der Waals surface area contributed by atoms with Crippen LogP contribution in [-0.2, 0) is 14.3 Å². The van der Waals surface area contributed by atoms with Gasteiger partial charge in [0.15, 0.2) is 0 Å². The number of aliphatic hydroxyl groups is 1.